The molecule has 61 heavy (non-hydrogen) atoms. The van der Waals surface area contributed by atoms with E-state index in [0.29, 0.717) is 5.41 Å². The fraction of sp³-hybridized carbons (Fsp3) is 0.362. The van der Waals surface area contributed by atoms with Crippen LogP contribution in [0.5, 0.6) is 0 Å². The lowest BCUT2D eigenvalue weighted by atomic mass is 9.94. The second-order valence-electron chi connectivity index (χ2n) is 12.2. The molecule has 0 aliphatic carbocycles. The van der Waals surface area contributed by atoms with E-state index in [4.69, 9.17) is 0 Å². The Hall–Kier alpha value is -1.98. The molecule has 10 rings (SSSR count). The summed E-state index contributed by atoms with van der Waals surface area (Å²) in [4.78, 5) is 2.74. The Labute approximate surface area is 401 Å². The maximum Gasteiger partial charge on any atom is 0.181 e. The van der Waals surface area contributed by atoms with Crippen molar-refractivity contribution in [1.82, 2.24) is 0 Å². The van der Waals surface area contributed by atoms with Gasteiger partial charge < -0.3 is 0 Å². The highest BCUT2D eigenvalue weighted by atomic mass is 32.2. The van der Waals surface area contributed by atoms with Gasteiger partial charge >= 0.3 is 0 Å². The smallest absolute Gasteiger partial charge is 0.181 e. The van der Waals surface area contributed by atoms with Crippen molar-refractivity contribution >= 4 is 160 Å². The van der Waals surface area contributed by atoms with Crippen LogP contribution >= 0.6 is 113 Å². The molecule has 10 aromatic heterocycles. The minimum Gasteiger partial charge on any atom is -0.195 e. The summed E-state index contributed by atoms with van der Waals surface area (Å²) < 4.78 is 56.1. The minimum absolute atomic E-state index is 0.0400. The zero-order chi connectivity index (χ0) is 46.4. The Bertz CT molecular complexity index is 2510. The summed E-state index contributed by atoms with van der Waals surface area (Å²) in [6.07, 6.45) is 0. The fourth-order valence-electron chi connectivity index (χ4n) is 4.63. The second kappa shape index (κ2) is 29.5. The average Bonchev–Trinajstić information content (AvgIpc) is 4.09. The van der Waals surface area contributed by atoms with Crippen molar-refractivity contribution in [3.05, 3.63) is 111 Å². The molecule has 0 saturated carbocycles. The van der Waals surface area contributed by atoms with Gasteiger partial charge in [-0.15, -0.1) is 68.0 Å². The predicted octanol–water partition coefficient (Wildman–Crippen LogP) is 22.7. The fourth-order valence-corrected chi connectivity index (χ4v) is 14.7. The summed E-state index contributed by atoms with van der Waals surface area (Å²) in [6.45, 7) is 32.7. The van der Waals surface area contributed by atoms with Gasteiger partial charge in [0.25, 0.3) is 0 Å². The van der Waals surface area contributed by atoms with Gasteiger partial charge in [-0.2, -0.15) is 17.6 Å². The van der Waals surface area contributed by atoms with E-state index in [1.165, 1.54) is 70.1 Å². The third-order valence-corrected chi connectivity index (χ3v) is 18.3. The van der Waals surface area contributed by atoms with Crippen LogP contribution in [0.2, 0.25) is 0 Å². The van der Waals surface area contributed by atoms with E-state index in [1.807, 2.05) is 142 Å². The summed E-state index contributed by atoms with van der Waals surface area (Å²) in [5.41, 5.74) is 2.28. The van der Waals surface area contributed by atoms with Crippen molar-refractivity contribution in [2.24, 2.45) is 0 Å². The average molecular weight is 1020 g/mol. The van der Waals surface area contributed by atoms with Crippen LogP contribution < -0.4 is 0 Å². The third-order valence-electron chi connectivity index (χ3n) is 7.26. The first-order chi connectivity index (χ1) is 29.2. The standard InChI is InChI=1S/C10H12S2.3C7H5FS2.C6H3FS2.5C2H6/c1-10(2,3)8-6-7-4-5-11-9(7)12-8;1-4-3-9-7-5(4)2-6(8)10-7;1-4-2-5-3-6(8)10-7(5)9-4;1-4-5-2-3-9-7(5)10-6(4)8;7-5-3-4-1-2-8-6(4)9-5;5*1-2/h4-6H,1-3H3;3*2-3H,1H3;1-3H;5*1-2H3. The number of thiophene rings is 10. The molecular formula is C47H60F4S10. The number of halogens is 4. The van der Waals surface area contributed by atoms with Gasteiger partial charge in [-0.3, -0.25) is 0 Å². The van der Waals surface area contributed by atoms with Crippen molar-refractivity contribution < 1.29 is 17.6 Å². The minimum atomic E-state index is -0.0862. The lowest BCUT2D eigenvalue weighted by Crippen LogP contribution is -2.07. The zero-order valence-electron chi connectivity index (χ0n) is 38.0. The topological polar surface area (TPSA) is 0 Å². The van der Waals surface area contributed by atoms with Gasteiger partial charge in [-0.1, -0.05) is 135 Å². The molecule has 0 spiro atoms. The molecule has 0 radical (unpaired) electrons. The van der Waals surface area contributed by atoms with E-state index < -0.39 is 0 Å². The largest absolute Gasteiger partial charge is 0.195 e. The third kappa shape index (κ3) is 17.2. The molecule has 14 heteroatoms. The van der Waals surface area contributed by atoms with Crippen molar-refractivity contribution in [2.75, 3.05) is 0 Å². The summed E-state index contributed by atoms with van der Waals surface area (Å²) in [5.74, 6) is 0. The van der Waals surface area contributed by atoms with Crippen molar-refractivity contribution in [1.29, 1.82) is 0 Å². The van der Waals surface area contributed by atoms with Gasteiger partial charge in [0.1, 0.15) is 0 Å². The Kier molecular flexibility index (Phi) is 27.5. The van der Waals surface area contributed by atoms with Gasteiger partial charge in [0, 0.05) is 42.2 Å². The molecule has 336 valence electrons. The van der Waals surface area contributed by atoms with Crippen LogP contribution in [0.4, 0.5) is 17.6 Å². The molecule has 0 fully saturated rings. The summed E-state index contributed by atoms with van der Waals surface area (Å²) in [5, 5.41) is 13.5. The highest BCUT2D eigenvalue weighted by molar-refractivity contribution is 7.39. The van der Waals surface area contributed by atoms with Gasteiger partial charge in [-0.05, 0) is 102 Å². The monoisotopic (exact) mass is 1020 g/mol. The van der Waals surface area contributed by atoms with Gasteiger partial charge in [0.15, 0.2) is 20.5 Å². The molecule has 0 atom stereocenters. The second-order valence-corrected chi connectivity index (χ2v) is 23.4. The number of aryl methyl sites for hydroxylation is 3. The van der Waals surface area contributed by atoms with Gasteiger partial charge in [0.05, 0.1) is 20.1 Å². The van der Waals surface area contributed by atoms with Crippen molar-refractivity contribution in [2.45, 2.75) is 116 Å². The molecule has 10 aromatic rings. The molecule has 0 aromatic carbocycles. The van der Waals surface area contributed by atoms with E-state index >= 15 is 0 Å². The SMILES string of the molecule is CC.CC.CC.CC.CC.CC(C)(C)c1cc2ccsc2s1.Cc1c(F)sc2sccc12.Cc1cc2cc(F)sc2s1.Cc1csc2sc(F)cc12.Fc1cc2ccsc2s1. The molecule has 0 unspecified atom stereocenters. The highest BCUT2D eigenvalue weighted by Crippen LogP contribution is 2.37. The van der Waals surface area contributed by atoms with E-state index in [1.54, 1.807) is 63.5 Å². The quantitative estimate of drug-likeness (QED) is 0.133. The van der Waals surface area contributed by atoms with E-state index in [0.717, 1.165) is 43.2 Å². The first-order valence-electron chi connectivity index (χ1n) is 20.3. The molecule has 0 N–H and O–H groups in total. The van der Waals surface area contributed by atoms with Crippen LogP contribution in [0, 0.1) is 41.3 Å². The van der Waals surface area contributed by atoms with Gasteiger partial charge in [-0.25, -0.2) is 0 Å². The normalized spacial score (nSPS) is 9.97. The lowest BCUT2D eigenvalue weighted by molar-refractivity contribution is 0.604. The molecular weight excluding hydrogens is 961 g/mol. The Morgan fingerprint density at radius 1 is 0.426 bits per heavy atom. The van der Waals surface area contributed by atoms with Crippen molar-refractivity contribution in [3.8, 4) is 0 Å². The van der Waals surface area contributed by atoms with Crippen LogP contribution in [0.25, 0.3) is 47.0 Å². The number of fused-ring (bicyclic) bond motifs is 5. The molecule has 0 bridgehead atoms. The number of hydrogen-bond acceptors (Lipinski definition) is 10. The molecule has 0 nitrogen and oxygen atoms in total. The molecule has 0 amide bonds. The Balaban J connectivity index is 0.000000363. The first-order valence-corrected chi connectivity index (χ1v) is 28.7. The van der Waals surface area contributed by atoms with Crippen LogP contribution in [0.3, 0.4) is 0 Å². The van der Waals surface area contributed by atoms with Crippen LogP contribution in [0.1, 0.15) is 111 Å². The van der Waals surface area contributed by atoms with Crippen LogP contribution in [-0.4, -0.2) is 0 Å². The maximum atomic E-state index is 12.8. The molecule has 0 aliphatic rings. The van der Waals surface area contributed by atoms with E-state index in [9.17, 15) is 17.6 Å². The highest BCUT2D eigenvalue weighted by Gasteiger charge is 2.17. The molecule has 0 saturated heterocycles. The summed E-state index contributed by atoms with van der Waals surface area (Å²) in [6, 6.07) is 15.2. The summed E-state index contributed by atoms with van der Waals surface area (Å²) in [7, 11) is 0. The number of hydrogen-bond donors (Lipinski definition) is 0. The van der Waals surface area contributed by atoms with Crippen molar-refractivity contribution in [3.63, 3.8) is 0 Å². The number of rotatable bonds is 0. The predicted molar refractivity (Wildman–Crippen MR) is 288 cm³/mol. The lowest BCUT2D eigenvalue weighted by Gasteiger charge is -2.14. The van der Waals surface area contributed by atoms with E-state index in [2.05, 4.69) is 43.7 Å². The Morgan fingerprint density at radius 2 is 0.885 bits per heavy atom. The van der Waals surface area contributed by atoms with E-state index in [-0.39, 0.29) is 20.5 Å². The molecule has 10 heterocycles. The molecule has 0 aliphatic heterocycles. The van der Waals surface area contributed by atoms with Crippen LogP contribution in [0.15, 0.2) is 70.1 Å². The summed E-state index contributed by atoms with van der Waals surface area (Å²) >= 11 is 15.1. The Morgan fingerprint density at radius 3 is 1.39 bits per heavy atom. The maximum absolute atomic E-state index is 12.8. The van der Waals surface area contributed by atoms with Crippen LogP contribution in [-0.2, 0) is 5.41 Å². The first kappa shape index (κ1) is 57.0. The zero-order valence-corrected chi connectivity index (χ0v) is 46.2. The van der Waals surface area contributed by atoms with Gasteiger partial charge in [0.2, 0.25) is 0 Å².